The fourth-order valence-electron chi connectivity index (χ4n) is 2.25. The molecule has 0 saturated carbocycles. The number of hydrogen-bond acceptors (Lipinski definition) is 3. The van der Waals surface area contributed by atoms with E-state index in [9.17, 15) is 0 Å². The number of benzene rings is 1. The Labute approximate surface area is 118 Å². The van der Waals surface area contributed by atoms with Crippen LogP contribution in [-0.4, -0.2) is 17.6 Å². The molecule has 19 heavy (non-hydrogen) atoms. The average Bonchev–Trinajstić information content (AvgIpc) is 2.26. The van der Waals surface area contributed by atoms with Crippen LogP contribution in [0.25, 0.3) is 10.9 Å². The highest BCUT2D eigenvalue weighted by Crippen LogP contribution is 2.33. The van der Waals surface area contributed by atoms with Gasteiger partial charge in [-0.15, -0.1) is 0 Å². The molecular weight excluding hydrogens is 260 g/mol. The number of nitrogens with two attached hydrogens (primary N) is 1. The minimum atomic E-state index is -0.293. The third-order valence-electron chi connectivity index (χ3n) is 2.98. The van der Waals surface area contributed by atoms with Crippen molar-refractivity contribution < 1.29 is 4.74 Å². The van der Waals surface area contributed by atoms with Crippen LogP contribution in [0.2, 0.25) is 5.02 Å². The van der Waals surface area contributed by atoms with Gasteiger partial charge in [-0.1, -0.05) is 11.6 Å². The number of halogens is 1. The molecule has 2 rings (SSSR count). The van der Waals surface area contributed by atoms with Crippen LogP contribution in [0.4, 0.5) is 0 Å². The molecule has 2 aromatic rings. The van der Waals surface area contributed by atoms with Crippen LogP contribution in [0.3, 0.4) is 0 Å². The van der Waals surface area contributed by atoms with Gasteiger partial charge in [0.2, 0.25) is 0 Å². The number of aromatic nitrogens is 1. The monoisotopic (exact) mass is 278 g/mol. The van der Waals surface area contributed by atoms with E-state index in [1.54, 1.807) is 7.11 Å². The number of aryl methyl sites for hydroxylation is 1. The zero-order chi connectivity index (χ0) is 14.2. The first-order valence-corrected chi connectivity index (χ1v) is 6.61. The van der Waals surface area contributed by atoms with E-state index in [1.165, 1.54) is 0 Å². The van der Waals surface area contributed by atoms with Crippen molar-refractivity contribution in [3.05, 3.63) is 34.5 Å². The summed E-state index contributed by atoms with van der Waals surface area (Å²) in [6.07, 6.45) is 0.708. The third kappa shape index (κ3) is 2.99. The van der Waals surface area contributed by atoms with E-state index in [2.05, 4.69) is 4.98 Å². The van der Waals surface area contributed by atoms with Crippen LogP contribution in [0, 0.1) is 6.92 Å². The lowest BCUT2D eigenvalue weighted by atomic mass is 9.98. The minimum Gasteiger partial charge on any atom is -0.494 e. The Hall–Kier alpha value is -1.32. The molecule has 0 saturated heterocycles. The standard InChI is InChI=1S/C15H19ClN2O/c1-9-7-10(8-15(2,3)17)18-14-12(19-4)6-5-11(16)13(9)14/h5-7H,8,17H2,1-4H3. The fourth-order valence-corrected chi connectivity index (χ4v) is 2.56. The quantitative estimate of drug-likeness (QED) is 0.935. The normalized spacial score (nSPS) is 11.9. The molecule has 4 heteroatoms. The lowest BCUT2D eigenvalue weighted by Gasteiger charge is -2.19. The van der Waals surface area contributed by atoms with Crippen molar-refractivity contribution in [1.82, 2.24) is 4.98 Å². The number of hydrogen-bond donors (Lipinski definition) is 1. The van der Waals surface area contributed by atoms with Crippen LogP contribution in [0.15, 0.2) is 18.2 Å². The van der Waals surface area contributed by atoms with E-state index in [1.807, 2.05) is 39.0 Å². The molecule has 3 nitrogen and oxygen atoms in total. The largest absolute Gasteiger partial charge is 0.494 e. The van der Waals surface area contributed by atoms with E-state index in [0.29, 0.717) is 11.4 Å². The topological polar surface area (TPSA) is 48.1 Å². The SMILES string of the molecule is COc1ccc(Cl)c2c(C)cc(CC(C)(C)N)nc12. The molecule has 102 valence electrons. The number of fused-ring (bicyclic) bond motifs is 1. The van der Waals surface area contributed by atoms with E-state index >= 15 is 0 Å². The van der Waals surface area contributed by atoms with Gasteiger partial charge in [0, 0.05) is 23.0 Å². The summed E-state index contributed by atoms with van der Waals surface area (Å²) >= 11 is 6.26. The predicted molar refractivity (Wildman–Crippen MR) is 80.0 cm³/mol. The first kappa shape index (κ1) is 14.1. The van der Waals surface area contributed by atoms with E-state index in [4.69, 9.17) is 22.1 Å². The van der Waals surface area contributed by atoms with Crippen molar-refractivity contribution in [3.8, 4) is 5.75 Å². The zero-order valence-electron chi connectivity index (χ0n) is 11.7. The highest BCUT2D eigenvalue weighted by Gasteiger charge is 2.16. The summed E-state index contributed by atoms with van der Waals surface area (Å²) in [5.74, 6) is 0.735. The molecule has 0 atom stereocenters. The van der Waals surface area contributed by atoms with E-state index in [-0.39, 0.29) is 5.54 Å². The van der Waals surface area contributed by atoms with Gasteiger partial charge < -0.3 is 10.5 Å². The molecule has 1 aromatic heterocycles. The summed E-state index contributed by atoms with van der Waals surface area (Å²) < 4.78 is 5.37. The smallest absolute Gasteiger partial charge is 0.145 e. The van der Waals surface area contributed by atoms with Gasteiger partial charge in [0.25, 0.3) is 0 Å². The lowest BCUT2D eigenvalue weighted by molar-refractivity contribution is 0.418. The van der Waals surface area contributed by atoms with Crippen molar-refractivity contribution in [3.63, 3.8) is 0 Å². The van der Waals surface area contributed by atoms with E-state index in [0.717, 1.165) is 27.9 Å². The molecule has 0 unspecified atom stereocenters. The molecule has 1 aromatic carbocycles. The van der Waals surface area contributed by atoms with Crippen LogP contribution >= 0.6 is 11.6 Å². The summed E-state index contributed by atoms with van der Waals surface area (Å²) in [5.41, 5.74) is 8.62. The van der Waals surface area contributed by atoms with Crippen LogP contribution in [0.1, 0.15) is 25.1 Å². The Balaban J connectivity index is 2.67. The number of pyridine rings is 1. The maximum atomic E-state index is 6.26. The lowest BCUT2D eigenvalue weighted by Crippen LogP contribution is -2.34. The second-order valence-electron chi connectivity index (χ2n) is 5.57. The first-order valence-electron chi connectivity index (χ1n) is 6.23. The number of ether oxygens (including phenoxy) is 1. The summed E-state index contributed by atoms with van der Waals surface area (Å²) in [5, 5.41) is 1.64. The van der Waals surface area contributed by atoms with Gasteiger partial charge in [0.15, 0.2) is 0 Å². The molecule has 0 amide bonds. The molecular formula is C15H19ClN2O. The number of nitrogens with zero attached hydrogens (tertiary/aromatic N) is 1. The number of methoxy groups -OCH3 is 1. The van der Waals surface area contributed by atoms with Gasteiger partial charge in [-0.05, 0) is 44.5 Å². The van der Waals surface area contributed by atoms with Crippen molar-refractivity contribution in [2.75, 3.05) is 7.11 Å². The zero-order valence-corrected chi connectivity index (χ0v) is 12.5. The van der Waals surface area contributed by atoms with Crippen molar-refractivity contribution in [2.24, 2.45) is 5.73 Å². The Morgan fingerprint density at radius 3 is 2.63 bits per heavy atom. The Bertz CT molecular complexity index is 618. The molecule has 0 spiro atoms. The maximum Gasteiger partial charge on any atom is 0.145 e. The molecule has 0 fully saturated rings. The summed E-state index contributed by atoms with van der Waals surface area (Å²) in [6.45, 7) is 6.01. The van der Waals surface area contributed by atoms with Crippen molar-refractivity contribution in [2.45, 2.75) is 32.7 Å². The molecule has 0 radical (unpaired) electrons. The summed E-state index contributed by atoms with van der Waals surface area (Å²) in [4.78, 5) is 4.66. The number of rotatable bonds is 3. The van der Waals surface area contributed by atoms with Crippen molar-refractivity contribution >= 4 is 22.5 Å². The maximum absolute atomic E-state index is 6.26. The van der Waals surface area contributed by atoms with Crippen LogP contribution in [-0.2, 0) is 6.42 Å². The first-order chi connectivity index (χ1) is 8.81. The van der Waals surface area contributed by atoms with Crippen molar-refractivity contribution in [1.29, 1.82) is 0 Å². The second-order valence-corrected chi connectivity index (χ2v) is 5.98. The van der Waals surface area contributed by atoms with Gasteiger partial charge in [0.1, 0.15) is 11.3 Å². The van der Waals surface area contributed by atoms with Gasteiger partial charge in [0.05, 0.1) is 12.1 Å². The van der Waals surface area contributed by atoms with Gasteiger partial charge >= 0.3 is 0 Å². The van der Waals surface area contributed by atoms with Gasteiger partial charge in [-0.2, -0.15) is 0 Å². The Morgan fingerprint density at radius 2 is 2.05 bits per heavy atom. The van der Waals surface area contributed by atoms with Gasteiger partial charge in [-0.3, -0.25) is 0 Å². The Morgan fingerprint density at radius 1 is 1.37 bits per heavy atom. The molecule has 0 bridgehead atoms. The molecule has 0 aliphatic carbocycles. The van der Waals surface area contributed by atoms with Crippen LogP contribution < -0.4 is 10.5 Å². The molecule has 2 N–H and O–H groups in total. The molecule has 0 aliphatic rings. The third-order valence-corrected chi connectivity index (χ3v) is 3.29. The summed E-state index contributed by atoms with van der Waals surface area (Å²) in [7, 11) is 1.64. The van der Waals surface area contributed by atoms with Gasteiger partial charge in [-0.25, -0.2) is 4.98 Å². The highest BCUT2D eigenvalue weighted by atomic mass is 35.5. The molecule has 0 aliphatic heterocycles. The molecule has 1 heterocycles. The van der Waals surface area contributed by atoms with E-state index < -0.39 is 0 Å². The second kappa shape index (κ2) is 4.99. The predicted octanol–water partition coefficient (Wildman–Crippen LogP) is 3.49. The van der Waals surface area contributed by atoms with Crippen LogP contribution in [0.5, 0.6) is 5.75 Å². The minimum absolute atomic E-state index is 0.293. The summed E-state index contributed by atoms with van der Waals surface area (Å²) in [6, 6.07) is 5.72. The average molecular weight is 279 g/mol. The Kier molecular flexibility index (Phi) is 3.70. The fraction of sp³-hybridized carbons (Fsp3) is 0.400. The highest BCUT2D eigenvalue weighted by molar-refractivity contribution is 6.35.